The van der Waals surface area contributed by atoms with E-state index in [4.69, 9.17) is 0 Å². The molecule has 0 radical (unpaired) electrons. The molecule has 0 heterocycles. The zero-order valence-corrected chi connectivity index (χ0v) is 19.7. The first kappa shape index (κ1) is 26.6. The minimum atomic E-state index is -3.89. The molecule has 0 saturated heterocycles. The summed E-state index contributed by atoms with van der Waals surface area (Å²) in [6, 6.07) is 8.02. The number of benzene rings is 1. The summed E-state index contributed by atoms with van der Waals surface area (Å²) in [5.74, 6) is -1.08. The molecule has 0 aliphatic heterocycles. The van der Waals surface area contributed by atoms with E-state index in [9.17, 15) is 18.3 Å². The second-order valence-electron chi connectivity index (χ2n) is 8.34. The number of unbranched alkanes of at least 4 members (excludes halogenated alkanes) is 10. The Morgan fingerprint density at radius 2 is 1.27 bits per heavy atom. The van der Waals surface area contributed by atoms with Crippen molar-refractivity contribution in [2.24, 2.45) is 0 Å². The molecule has 6 heteroatoms. The Balaban J connectivity index is 2.62. The Bertz CT molecular complexity index is 690. The third kappa shape index (κ3) is 9.61. The van der Waals surface area contributed by atoms with Gasteiger partial charge in [-0.1, -0.05) is 109 Å². The SMILES string of the molecule is CCCCCCCCCCCCC(CCCC)(NS(=O)(=O)c1ccccc1)C(=O)O. The number of aliphatic carboxylic acids is 1. The highest BCUT2D eigenvalue weighted by Gasteiger charge is 2.41. The lowest BCUT2D eigenvalue weighted by Crippen LogP contribution is -2.54. The van der Waals surface area contributed by atoms with Gasteiger partial charge < -0.3 is 5.11 Å². The monoisotopic (exact) mass is 439 g/mol. The van der Waals surface area contributed by atoms with E-state index < -0.39 is 21.5 Å². The number of carboxylic acids is 1. The highest BCUT2D eigenvalue weighted by Crippen LogP contribution is 2.26. The first-order valence-electron chi connectivity index (χ1n) is 11.7. The summed E-state index contributed by atoms with van der Waals surface area (Å²) in [6.45, 7) is 4.20. The largest absolute Gasteiger partial charge is 0.480 e. The molecule has 1 rings (SSSR count). The number of rotatable bonds is 18. The third-order valence-electron chi connectivity index (χ3n) is 5.71. The standard InChI is InChI=1S/C24H41NO4S/c1-3-5-7-8-9-10-11-12-13-17-21-24(23(26)27,20-6-4-2)25-30(28,29)22-18-15-14-16-19-22/h14-16,18-19,25H,3-13,17,20-21H2,1-2H3,(H,26,27). The van der Waals surface area contributed by atoms with E-state index >= 15 is 0 Å². The van der Waals surface area contributed by atoms with E-state index in [1.807, 2.05) is 6.92 Å². The third-order valence-corrected chi connectivity index (χ3v) is 7.26. The number of carboxylic acid groups (broad SMARTS) is 1. The van der Waals surface area contributed by atoms with E-state index in [-0.39, 0.29) is 4.90 Å². The van der Waals surface area contributed by atoms with Crippen LogP contribution in [0.4, 0.5) is 0 Å². The average Bonchev–Trinajstić information content (AvgIpc) is 2.73. The zero-order valence-electron chi connectivity index (χ0n) is 18.9. The maximum absolute atomic E-state index is 12.8. The molecule has 1 aromatic rings. The second kappa shape index (κ2) is 14.6. The van der Waals surface area contributed by atoms with Crippen LogP contribution in [0, 0.1) is 0 Å². The smallest absolute Gasteiger partial charge is 0.324 e. The van der Waals surface area contributed by atoms with E-state index in [1.54, 1.807) is 18.2 Å². The van der Waals surface area contributed by atoms with Gasteiger partial charge in [0.25, 0.3) is 0 Å². The maximum Gasteiger partial charge on any atom is 0.324 e. The fourth-order valence-corrected chi connectivity index (χ4v) is 5.23. The summed E-state index contributed by atoms with van der Waals surface area (Å²) in [7, 11) is -3.89. The van der Waals surface area contributed by atoms with Crippen molar-refractivity contribution >= 4 is 16.0 Å². The highest BCUT2D eigenvalue weighted by atomic mass is 32.2. The van der Waals surface area contributed by atoms with E-state index in [2.05, 4.69) is 11.6 Å². The van der Waals surface area contributed by atoms with Gasteiger partial charge in [-0.2, -0.15) is 4.72 Å². The molecule has 30 heavy (non-hydrogen) atoms. The quantitative estimate of drug-likeness (QED) is 0.263. The molecule has 0 fully saturated rings. The van der Waals surface area contributed by atoms with Crippen LogP contribution in [0.2, 0.25) is 0 Å². The fraction of sp³-hybridized carbons (Fsp3) is 0.708. The van der Waals surface area contributed by atoms with Crippen molar-refractivity contribution in [1.82, 2.24) is 4.72 Å². The minimum Gasteiger partial charge on any atom is -0.480 e. The van der Waals surface area contributed by atoms with E-state index in [0.29, 0.717) is 25.7 Å². The number of hydrogen-bond donors (Lipinski definition) is 2. The van der Waals surface area contributed by atoms with Crippen LogP contribution in [0.25, 0.3) is 0 Å². The van der Waals surface area contributed by atoms with Crippen molar-refractivity contribution in [2.75, 3.05) is 0 Å². The Morgan fingerprint density at radius 1 is 0.800 bits per heavy atom. The number of sulfonamides is 1. The topological polar surface area (TPSA) is 83.5 Å². The molecule has 172 valence electrons. The molecule has 0 aromatic heterocycles. The fourth-order valence-electron chi connectivity index (χ4n) is 3.79. The average molecular weight is 440 g/mol. The predicted molar refractivity (Wildman–Crippen MR) is 123 cm³/mol. The zero-order chi connectivity index (χ0) is 22.3. The molecule has 0 saturated carbocycles. The molecule has 0 amide bonds. The van der Waals surface area contributed by atoms with Crippen molar-refractivity contribution in [2.45, 2.75) is 114 Å². The van der Waals surface area contributed by atoms with Gasteiger partial charge in [0.05, 0.1) is 4.90 Å². The maximum atomic E-state index is 12.8. The molecule has 1 unspecified atom stereocenters. The van der Waals surface area contributed by atoms with E-state index in [1.165, 1.54) is 50.7 Å². The van der Waals surface area contributed by atoms with Crippen molar-refractivity contribution in [3.63, 3.8) is 0 Å². The van der Waals surface area contributed by atoms with Gasteiger partial charge in [0.2, 0.25) is 10.0 Å². The Kier molecular flexibility index (Phi) is 12.9. The first-order valence-corrected chi connectivity index (χ1v) is 13.2. The van der Waals surface area contributed by atoms with Gasteiger partial charge in [0, 0.05) is 0 Å². The van der Waals surface area contributed by atoms with Crippen LogP contribution in [-0.4, -0.2) is 25.0 Å². The number of nitrogens with one attached hydrogen (secondary N) is 1. The van der Waals surface area contributed by atoms with Crippen LogP contribution in [0.1, 0.15) is 104 Å². The normalized spacial score (nSPS) is 13.8. The van der Waals surface area contributed by atoms with Gasteiger partial charge in [-0.3, -0.25) is 4.79 Å². The van der Waals surface area contributed by atoms with Crippen LogP contribution >= 0.6 is 0 Å². The summed E-state index contributed by atoms with van der Waals surface area (Å²) in [5, 5.41) is 9.98. The first-order chi connectivity index (χ1) is 14.4. The molecular formula is C24H41NO4S. The van der Waals surface area contributed by atoms with Crippen LogP contribution in [-0.2, 0) is 14.8 Å². The highest BCUT2D eigenvalue weighted by molar-refractivity contribution is 7.89. The van der Waals surface area contributed by atoms with Gasteiger partial charge in [-0.25, -0.2) is 8.42 Å². The molecule has 0 aliphatic carbocycles. The lowest BCUT2D eigenvalue weighted by atomic mass is 9.87. The van der Waals surface area contributed by atoms with Gasteiger partial charge in [-0.15, -0.1) is 0 Å². The second-order valence-corrected chi connectivity index (χ2v) is 10.0. The molecular weight excluding hydrogens is 398 g/mol. The molecule has 0 bridgehead atoms. The molecule has 5 nitrogen and oxygen atoms in total. The van der Waals surface area contributed by atoms with Crippen molar-refractivity contribution in [1.29, 1.82) is 0 Å². The molecule has 1 atom stereocenters. The van der Waals surface area contributed by atoms with Crippen LogP contribution < -0.4 is 4.72 Å². The molecule has 0 spiro atoms. The van der Waals surface area contributed by atoms with Gasteiger partial charge in [0.15, 0.2) is 0 Å². The number of carbonyl (C=O) groups is 1. The number of hydrogen-bond acceptors (Lipinski definition) is 3. The van der Waals surface area contributed by atoms with Gasteiger partial charge in [0.1, 0.15) is 5.54 Å². The van der Waals surface area contributed by atoms with Crippen LogP contribution in [0.15, 0.2) is 35.2 Å². The molecule has 0 aliphatic rings. The minimum absolute atomic E-state index is 0.107. The molecule has 2 N–H and O–H groups in total. The Labute approximate surface area is 183 Å². The summed E-state index contributed by atoms with van der Waals surface area (Å²) < 4.78 is 28.2. The lowest BCUT2D eigenvalue weighted by molar-refractivity contribution is -0.144. The van der Waals surface area contributed by atoms with Crippen molar-refractivity contribution in [3.05, 3.63) is 30.3 Å². The lowest BCUT2D eigenvalue weighted by Gasteiger charge is -2.30. The summed E-state index contributed by atoms with van der Waals surface area (Å²) in [4.78, 5) is 12.3. The van der Waals surface area contributed by atoms with Crippen LogP contribution in [0.5, 0.6) is 0 Å². The summed E-state index contributed by atoms with van der Waals surface area (Å²) in [6.07, 6.45) is 13.7. The molecule has 1 aromatic carbocycles. The summed E-state index contributed by atoms with van der Waals surface area (Å²) in [5.41, 5.74) is -1.44. The Morgan fingerprint density at radius 3 is 1.77 bits per heavy atom. The summed E-state index contributed by atoms with van der Waals surface area (Å²) >= 11 is 0. The van der Waals surface area contributed by atoms with Gasteiger partial charge >= 0.3 is 5.97 Å². The Hall–Kier alpha value is -1.40. The predicted octanol–water partition coefficient (Wildman–Crippen LogP) is 6.29. The van der Waals surface area contributed by atoms with Crippen LogP contribution in [0.3, 0.4) is 0 Å². The van der Waals surface area contributed by atoms with Gasteiger partial charge in [-0.05, 0) is 25.0 Å². The van der Waals surface area contributed by atoms with Crippen molar-refractivity contribution in [3.8, 4) is 0 Å². The van der Waals surface area contributed by atoms with Crippen molar-refractivity contribution < 1.29 is 18.3 Å². The van der Waals surface area contributed by atoms with E-state index in [0.717, 1.165) is 25.7 Å².